The van der Waals surface area contributed by atoms with Gasteiger partial charge in [-0.05, 0) is 42.9 Å². The highest BCUT2D eigenvalue weighted by atomic mass is 35.5. The molecule has 0 aliphatic heterocycles. The lowest BCUT2D eigenvalue weighted by atomic mass is 9.82. The van der Waals surface area contributed by atoms with Crippen LogP contribution in [0.3, 0.4) is 0 Å². The Morgan fingerprint density at radius 3 is 2.75 bits per heavy atom. The van der Waals surface area contributed by atoms with Crippen molar-refractivity contribution in [3.05, 3.63) is 33.8 Å². The summed E-state index contributed by atoms with van der Waals surface area (Å²) in [5, 5.41) is 1.49. The average Bonchev–Trinajstić information content (AvgIpc) is 2.22. The Kier molecular flexibility index (Phi) is 4.12. The fourth-order valence-corrected chi connectivity index (χ4v) is 3.00. The third-order valence-corrected chi connectivity index (χ3v) is 3.93. The largest absolute Gasteiger partial charge is 0.328 e. The predicted octanol–water partition coefficient (Wildman–Crippen LogP) is 4.05. The Morgan fingerprint density at radius 2 is 2.06 bits per heavy atom. The zero-order chi connectivity index (χ0) is 11.5. The number of nitrogens with two attached hydrogens (primary N) is 1. The van der Waals surface area contributed by atoms with E-state index in [1.807, 2.05) is 18.2 Å². The van der Waals surface area contributed by atoms with Crippen molar-refractivity contribution >= 4 is 23.2 Å². The molecule has 2 unspecified atom stereocenters. The van der Waals surface area contributed by atoms with Crippen LogP contribution in [-0.2, 0) is 6.42 Å². The fraction of sp³-hybridized carbons (Fsp3) is 0.538. The lowest BCUT2D eigenvalue weighted by Crippen LogP contribution is -2.28. The van der Waals surface area contributed by atoms with Crippen molar-refractivity contribution in [2.75, 3.05) is 0 Å². The number of hydrogen-bond donors (Lipinski definition) is 1. The molecule has 2 N–H and O–H groups in total. The molecule has 1 fully saturated rings. The fourth-order valence-electron chi connectivity index (χ4n) is 2.52. The van der Waals surface area contributed by atoms with Crippen molar-refractivity contribution < 1.29 is 0 Å². The van der Waals surface area contributed by atoms with E-state index in [4.69, 9.17) is 28.9 Å². The standard InChI is InChI=1S/C13H17Cl2N/c14-11-5-4-10(13(15)8-11)6-9-2-1-3-12(16)7-9/h4-5,8-9,12H,1-3,6-7,16H2. The molecular weight excluding hydrogens is 241 g/mol. The van der Waals surface area contributed by atoms with Crippen molar-refractivity contribution in [1.29, 1.82) is 0 Å². The summed E-state index contributed by atoms with van der Waals surface area (Å²) in [6.07, 6.45) is 5.84. The van der Waals surface area contributed by atoms with Gasteiger partial charge in [0.05, 0.1) is 0 Å². The van der Waals surface area contributed by atoms with Gasteiger partial charge in [0, 0.05) is 16.1 Å². The summed E-state index contributed by atoms with van der Waals surface area (Å²) in [5.74, 6) is 0.683. The van der Waals surface area contributed by atoms with Crippen LogP contribution in [0.15, 0.2) is 18.2 Å². The number of benzene rings is 1. The molecular formula is C13H17Cl2N. The Hall–Kier alpha value is -0.240. The van der Waals surface area contributed by atoms with Crippen molar-refractivity contribution in [1.82, 2.24) is 0 Å². The van der Waals surface area contributed by atoms with E-state index < -0.39 is 0 Å². The van der Waals surface area contributed by atoms with Crippen LogP contribution in [0, 0.1) is 5.92 Å². The first-order valence-electron chi connectivity index (χ1n) is 5.84. The molecule has 0 radical (unpaired) electrons. The molecule has 1 aromatic rings. The van der Waals surface area contributed by atoms with Crippen molar-refractivity contribution in [2.45, 2.75) is 38.1 Å². The summed E-state index contributed by atoms with van der Waals surface area (Å²) in [4.78, 5) is 0. The van der Waals surface area contributed by atoms with Gasteiger partial charge in [-0.15, -0.1) is 0 Å². The summed E-state index contributed by atoms with van der Waals surface area (Å²) >= 11 is 12.0. The van der Waals surface area contributed by atoms with Crippen LogP contribution in [0.5, 0.6) is 0 Å². The highest BCUT2D eigenvalue weighted by Gasteiger charge is 2.20. The van der Waals surface area contributed by atoms with Crippen molar-refractivity contribution in [3.63, 3.8) is 0 Å². The molecule has 1 aromatic carbocycles. The van der Waals surface area contributed by atoms with Crippen molar-refractivity contribution in [3.8, 4) is 0 Å². The van der Waals surface area contributed by atoms with Crippen LogP contribution in [0.2, 0.25) is 10.0 Å². The van der Waals surface area contributed by atoms with Gasteiger partial charge in [0.1, 0.15) is 0 Å². The molecule has 88 valence electrons. The van der Waals surface area contributed by atoms with E-state index in [0.29, 0.717) is 17.0 Å². The van der Waals surface area contributed by atoms with E-state index in [9.17, 15) is 0 Å². The smallest absolute Gasteiger partial charge is 0.0452 e. The first kappa shape index (κ1) is 12.2. The zero-order valence-electron chi connectivity index (χ0n) is 9.26. The maximum absolute atomic E-state index is 6.17. The topological polar surface area (TPSA) is 26.0 Å². The molecule has 1 nitrogen and oxygen atoms in total. The average molecular weight is 258 g/mol. The van der Waals surface area contributed by atoms with Gasteiger partial charge in [-0.25, -0.2) is 0 Å². The monoisotopic (exact) mass is 257 g/mol. The number of rotatable bonds is 2. The molecule has 1 aliphatic carbocycles. The van der Waals surface area contributed by atoms with E-state index in [0.717, 1.165) is 17.9 Å². The molecule has 2 atom stereocenters. The molecule has 0 saturated heterocycles. The second-order valence-corrected chi connectivity index (χ2v) is 5.58. The minimum absolute atomic E-state index is 0.379. The minimum Gasteiger partial charge on any atom is -0.328 e. The van der Waals surface area contributed by atoms with Gasteiger partial charge in [0.2, 0.25) is 0 Å². The third-order valence-electron chi connectivity index (χ3n) is 3.35. The Bertz CT molecular complexity index is 365. The van der Waals surface area contributed by atoms with Crippen LogP contribution in [-0.4, -0.2) is 6.04 Å². The SMILES string of the molecule is NC1CCCC(Cc2ccc(Cl)cc2Cl)C1. The van der Waals surface area contributed by atoms with Gasteiger partial charge in [-0.2, -0.15) is 0 Å². The van der Waals surface area contributed by atoms with Gasteiger partial charge < -0.3 is 5.73 Å². The van der Waals surface area contributed by atoms with Crippen molar-refractivity contribution in [2.24, 2.45) is 11.7 Å². The van der Waals surface area contributed by atoms with Crippen LogP contribution < -0.4 is 5.73 Å². The Labute approximate surface area is 107 Å². The minimum atomic E-state index is 0.379. The van der Waals surface area contributed by atoms with Gasteiger partial charge in [0.15, 0.2) is 0 Å². The predicted molar refractivity (Wildman–Crippen MR) is 70.1 cm³/mol. The maximum Gasteiger partial charge on any atom is 0.0452 e. The summed E-state index contributed by atoms with van der Waals surface area (Å²) in [7, 11) is 0. The molecule has 0 amide bonds. The van der Waals surface area contributed by atoms with E-state index in [2.05, 4.69) is 0 Å². The molecule has 3 heteroatoms. The lowest BCUT2D eigenvalue weighted by molar-refractivity contribution is 0.321. The van der Waals surface area contributed by atoms with Gasteiger partial charge >= 0.3 is 0 Å². The quantitative estimate of drug-likeness (QED) is 0.850. The summed E-state index contributed by atoms with van der Waals surface area (Å²) in [5.41, 5.74) is 7.19. The summed E-state index contributed by atoms with van der Waals surface area (Å²) < 4.78 is 0. The number of halogens is 2. The molecule has 2 rings (SSSR count). The van der Waals surface area contributed by atoms with Gasteiger partial charge in [-0.3, -0.25) is 0 Å². The zero-order valence-corrected chi connectivity index (χ0v) is 10.8. The van der Waals surface area contributed by atoms with Gasteiger partial charge in [-0.1, -0.05) is 42.1 Å². The molecule has 0 heterocycles. The molecule has 1 aliphatic rings. The second-order valence-electron chi connectivity index (χ2n) is 4.73. The highest BCUT2D eigenvalue weighted by Crippen LogP contribution is 2.30. The second kappa shape index (κ2) is 5.39. The van der Waals surface area contributed by atoms with E-state index in [1.165, 1.54) is 24.8 Å². The van der Waals surface area contributed by atoms with E-state index >= 15 is 0 Å². The van der Waals surface area contributed by atoms with Crippen LogP contribution in [0.4, 0.5) is 0 Å². The summed E-state index contributed by atoms with van der Waals surface area (Å²) in [6, 6.07) is 6.14. The molecule has 0 aromatic heterocycles. The third kappa shape index (κ3) is 3.13. The van der Waals surface area contributed by atoms with E-state index in [-0.39, 0.29) is 0 Å². The van der Waals surface area contributed by atoms with Crippen LogP contribution in [0.25, 0.3) is 0 Å². The lowest BCUT2D eigenvalue weighted by Gasteiger charge is -2.26. The van der Waals surface area contributed by atoms with E-state index in [1.54, 1.807) is 0 Å². The Morgan fingerprint density at radius 1 is 1.25 bits per heavy atom. The normalized spacial score (nSPS) is 25.7. The molecule has 0 spiro atoms. The first-order chi connectivity index (χ1) is 7.65. The molecule has 1 saturated carbocycles. The van der Waals surface area contributed by atoms with Crippen LogP contribution in [0.1, 0.15) is 31.2 Å². The maximum atomic E-state index is 6.17. The number of hydrogen-bond acceptors (Lipinski definition) is 1. The summed E-state index contributed by atoms with van der Waals surface area (Å²) in [6.45, 7) is 0. The van der Waals surface area contributed by atoms with Gasteiger partial charge in [0.25, 0.3) is 0 Å². The molecule has 16 heavy (non-hydrogen) atoms. The first-order valence-corrected chi connectivity index (χ1v) is 6.60. The highest BCUT2D eigenvalue weighted by molar-refractivity contribution is 6.35. The molecule has 0 bridgehead atoms. The Balaban J connectivity index is 2.02. The van der Waals surface area contributed by atoms with Crippen LogP contribution >= 0.6 is 23.2 Å².